The van der Waals surface area contributed by atoms with E-state index in [1.807, 2.05) is 57.3 Å². The number of rotatable bonds is 9. The van der Waals surface area contributed by atoms with Crippen molar-refractivity contribution >= 4 is 11.6 Å². The van der Waals surface area contributed by atoms with E-state index in [2.05, 4.69) is 5.32 Å². The zero-order chi connectivity index (χ0) is 20.7. The second-order valence-electron chi connectivity index (χ2n) is 6.95. The lowest BCUT2D eigenvalue weighted by atomic mass is 10.1. The topological polar surface area (TPSA) is 61.2 Å². The second-order valence-corrected chi connectivity index (χ2v) is 6.95. The smallest absolute Gasteiger partial charge is 0.282 e. The molecule has 0 fully saturated rings. The normalized spacial score (nSPS) is 12.8. The molecule has 2 aromatic carbocycles. The Morgan fingerprint density at radius 1 is 1.00 bits per heavy atom. The van der Waals surface area contributed by atoms with E-state index in [1.54, 1.807) is 21.3 Å². The van der Waals surface area contributed by atoms with Gasteiger partial charge in [0, 0.05) is 6.42 Å². The molecule has 2 atom stereocenters. The van der Waals surface area contributed by atoms with E-state index < -0.39 is 0 Å². The highest BCUT2D eigenvalue weighted by Gasteiger charge is 2.23. The fourth-order valence-corrected chi connectivity index (χ4v) is 2.98. The van der Waals surface area contributed by atoms with Crippen LogP contribution in [0.2, 0.25) is 0 Å². The lowest BCUT2D eigenvalue weighted by Crippen LogP contribution is -3.14. The Bertz CT molecular complexity index is 807. The van der Waals surface area contributed by atoms with Gasteiger partial charge in [0.1, 0.15) is 5.75 Å². The van der Waals surface area contributed by atoms with Gasteiger partial charge in [0.15, 0.2) is 17.5 Å². The summed E-state index contributed by atoms with van der Waals surface area (Å²) in [6.45, 7) is 4.73. The molecule has 6 heteroatoms. The number of aryl methyl sites for hydroxylation is 1. The van der Waals surface area contributed by atoms with Gasteiger partial charge in [0.25, 0.3) is 5.91 Å². The minimum absolute atomic E-state index is 0.0336. The molecule has 0 spiro atoms. The third kappa shape index (κ3) is 5.39. The van der Waals surface area contributed by atoms with Crippen molar-refractivity contribution in [2.24, 2.45) is 0 Å². The summed E-state index contributed by atoms with van der Waals surface area (Å²) < 4.78 is 16.0. The molecule has 0 aliphatic heterocycles. The number of ether oxygens (including phenoxy) is 3. The number of methoxy groups -OCH3 is 3. The molecule has 0 aliphatic carbocycles. The van der Waals surface area contributed by atoms with E-state index in [-0.39, 0.29) is 11.9 Å². The molecule has 152 valence electrons. The molecule has 0 aliphatic rings. The Balaban J connectivity index is 1.98. The monoisotopic (exact) mass is 387 g/mol. The van der Waals surface area contributed by atoms with Crippen molar-refractivity contribution in [2.45, 2.75) is 26.3 Å². The summed E-state index contributed by atoms with van der Waals surface area (Å²) in [4.78, 5) is 13.8. The van der Waals surface area contributed by atoms with Gasteiger partial charge < -0.3 is 24.4 Å². The molecule has 0 heterocycles. The van der Waals surface area contributed by atoms with Gasteiger partial charge in [-0.1, -0.05) is 12.1 Å². The number of quaternary nitrogens is 1. The number of benzene rings is 2. The van der Waals surface area contributed by atoms with E-state index in [0.717, 1.165) is 34.7 Å². The standard InChI is InChI=1S/C22H30N2O4/c1-15-7-9-19(26-4)18(13-15)23-22(25)16(2)24(3)12-11-17-8-10-20(27-5)21(14-17)28-6/h7-10,13-14,16H,11-12H2,1-6H3,(H,23,25)/p+1/t16-/m1/s1. The Labute approximate surface area is 167 Å². The Hall–Kier alpha value is -2.73. The molecule has 2 rings (SSSR count). The predicted molar refractivity (Wildman–Crippen MR) is 111 cm³/mol. The molecule has 2 N–H and O–H groups in total. The zero-order valence-corrected chi connectivity index (χ0v) is 17.6. The van der Waals surface area contributed by atoms with Crippen LogP contribution in [-0.4, -0.2) is 46.9 Å². The third-order valence-corrected chi connectivity index (χ3v) is 5.00. The zero-order valence-electron chi connectivity index (χ0n) is 17.6. The molecular formula is C22H31N2O4+. The van der Waals surface area contributed by atoms with Gasteiger partial charge in [-0.25, -0.2) is 0 Å². The highest BCUT2D eigenvalue weighted by atomic mass is 16.5. The van der Waals surface area contributed by atoms with Crippen LogP contribution in [0, 0.1) is 6.92 Å². The Morgan fingerprint density at radius 3 is 2.29 bits per heavy atom. The van der Waals surface area contributed by atoms with E-state index >= 15 is 0 Å². The van der Waals surface area contributed by atoms with Crippen LogP contribution in [0.3, 0.4) is 0 Å². The number of anilines is 1. The van der Waals surface area contributed by atoms with E-state index in [0.29, 0.717) is 17.2 Å². The lowest BCUT2D eigenvalue weighted by Gasteiger charge is -2.22. The third-order valence-electron chi connectivity index (χ3n) is 5.00. The van der Waals surface area contributed by atoms with Crippen LogP contribution in [0.5, 0.6) is 17.2 Å². The fourth-order valence-electron chi connectivity index (χ4n) is 2.98. The molecule has 0 radical (unpaired) electrons. The van der Waals surface area contributed by atoms with Crippen molar-refractivity contribution in [2.75, 3.05) is 40.2 Å². The quantitative estimate of drug-likeness (QED) is 0.692. The molecule has 6 nitrogen and oxygen atoms in total. The van der Waals surface area contributed by atoms with Gasteiger partial charge >= 0.3 is 0 Å². The van der Waals surface area contributed by atoms with Crippen molar-refractivity contribution in [3.63, 3.8) is 0 Å². The second kappa shape index (κ2) is 9.99. The van der Waals surface area contributed by atoms with Crippen LogP contribution >= 0.6 is 0 Å². The van der Waals surface area contributed by atoms with Gasteiger partial charge in [-0.2, -0.15) is 0 Å². The summed E-state index contributed by atoms with van der Waals surface area (Å²) >= 11 is 0. The first-order valence-electron chi connectivity index (χ1n) is 9.38. The highest BCUT2D eigenvalue weighted by molar-refractivity contribution is 5.95. The van der Waals surface area contributed by atoms with E-state index in [9.17, 15) is 4.79 Å². The molecule has 1 amide bonds. The van der Waals surface area contributed by atoms with Gasteiger partial charge in [-0.05, 0) is 49.2 Å². The predicted octanol–water partition coefficient (Wildman–Crippen LogP) is 2.11. The van der Waals surface area contributed by atoms with Crippen molar-refractivity contribution in [1.29, 1.82) is 0 Å². The van der Waals surface area contributed by atoms with Gasteiger partial charge in [0.05, 0.1) is 40.6 Å². The lowest BCUT2D eigenvalue weighted by molar-refractivity contribution is -0.893. The highest BCUT2D eigenvalue weighted by Crippen LogP contribution is 2.27. The SMILES string of the molecule is COc1ccc(C)cc1NC(=O)[C@@H](C)[NH+](C)CCc1ccc(OC)c(OC)c1. The molecule has 28 heavy (non-hydrogen) atoms. The summed E-state index contributed by atoms with van der Waals surface area (Å²) in [5.74, 6) is 2.06. The summed E-state index contributed by atoms with van der Waals surface area (Å²) in [5, 5.41) is 2.99. The van der Waals surface area contributed by atoms with E-state index in [4.69, 9.17) is 14.2 Å². The van der Waals surface area contributed by atoms with E-state index in [1.165, 1.54) is 0 Å². The first-order chi connectivity index (χ1) is 13.4. The first-order valence-corrected chi connectivity index (χ1v) is 9.38. The molecule has 0 saturated carbocycles. The molecule has 0 saturated heterocycles. The Morgan fingerprint density at radius 2 is 1.64 bits per heavy atom. The summed E-state index contributed by atoms with van der Waals surface area (Å²) in [5.41, 5.74) is 2.91. The van der Waals surface area contributed by atoms with Crippen molar-refractivity contribution < 1.29 is 23.9 Å². The van der Waals surface area contributed by atoms with Crippen LogP contribution in [0.25, 0.3) is 0 Å². The van der Waals surface area contributed by atoms with Crippen LogP contribution in [0.4, 0.5) is 5.69 Å². The number of amides is 1. The van der Waals surface area contributed by atoms with Crippen molar-refractivity contribution in [3.8, 4) is 17.2 Å². The van der Waals surface area contributed by atoms with Crippen molar-refractivity contribution in [3.05, 3.63) is 47.5 Å². The number of hydrogen-bond acceptors (Lipinski definition) is 4. The number of carbonyl (C=O) groups excluding carboxylic acids is 1. The van der Waals surface area contributed by atoms with Crippen LogP contribution in [-0.2, 0) is 11.2 Å². The average molecular weight is 388 g/mol. The number of carbonyl (C=O) groups is 1. The largest absolute Gasteiger partial charge is 0.495 e. The minimum atomic E-state index is -0.203. The van der Waals surface area contributed by atoms with Crippen LogP contribution in [0.1, 0.15) is 18.1 Å². The average Bonchev–Trinajstić information content (AvgIpc) is 2.71. The van der Waals surface area contributed by atoms with Crippen molar-refractivity contribution in [1.82, 2.24) is 0 Å². The van der Waals surface area contributed by atoms with Gasteiger partial charge in [0.2, 0.25) is 0 Å². The maximum absolute atomic E-state index is 12.7. The number of nitrogens with one attached hydrogen (secondary N) is 2. The first kappa shape index (κ1) is 21.6. The van der Waals surface area contributed by atoms with Gasteiger partial charge in [-0.15, -0.1) is 0 Å². The molecule has 0 bridgehead atoms. The number of hydrogen-bond donors (Lipinski definition) is 2. The maximum atomic E-state index is 12.7. The van der Waals surface area contributed by atoms with Crippen LogP contribution < -0.4 is 24.4 Å². The minimum Gasteiger partial charge on any atom is -0.495 e. The van der Waals surface area contributed by atoms with Crippen LogP contribution in [0.15, 0.2) is 36.4 Å². The molecule has 2 aromatic rings. The molecule has 0 aromatic heterocycles. The van der Waals surface area contributed by atoms with Gasteiger partial charge in [-0.3, -0.25) is 4.79 Å². The summed E-state index contributed by atoms with van der Waals surface area (Å²) in [7, 11) is 6.88. The summed E-state index contributed by atoms with van der Waals surface area (Å²) in [6, 6.07) is 11.4. The fraction of sp³-hybridized carbons (Fsp3) is 0.409. The molecular weight excluding hydrogens is 356 g/mol. The summed E-state index contributed by atoms with van der Waals surface area (Å²) in [6.07, 6.45) is 0.831. The maximum Gasteiger partial charge on any atom is 0.282 e. The molecule has 1 unspecified atom stereocenters. The number of likely N-dealkylation sites (N-methyl/N-ethyl adjacent to an activating group) is 1. The Kier molecular flexibility index (Phi) is 7.70.